The molecule has 0 amide bonds. The van der Waals surface area contributed by atoms with Gasteiger partial charge in [-0.1, -0.05) is 36.4 Å². The lowest BCUT2D eigenvalue weighted by molar-refractivity contribution is 0.310. The maximum absolute atomic E-state index is 5.71. The van der Waals surface area contributed by atoms with Crippen LogP contribution >= 0.6 is 0 Å². The molecule has 2 aromatic carbocycles. The van der Waals surface area contributed by atoms with E-state index in [0.29, 0.717) is 6.04 Å². The van der Waals surface area contributed by atoms with Crippen molar-refractivity contribution < 1.29 is 4.74 Å². The zero-order valence-corrected chi connectivity index (χ0v) is 11.4. The lowest BCUT2D eigenvalue weighted by atomic mass is 10.1. The SMILES string of the molecule is c1cc2c(c(CNC3COc4ccccc43)c1)NCC2. The summed E-state index contributed by atoms with van der Waals surface area (Å²) in [5, 5.41) is 7.11. The fourth-order valence-corrected chi connectivity index (χ4v) is 3.12. The third-order valence-corrected chi connectivity index (χ3v) is 4.17. The molecule has 3 nitrogen and oxygen atoms in total. The van der Waals surface area contributed by atoms with Gasteiger partial charge in [0.15, 0.2) is 0 Å². The molecule has 0 saturated heterocycles. The van der Waals surface area contributed by atoms with Crippen LogP contribution in [-0.4, -0.2) is 13.2 Å². The first kappa shape index (κ1) is 11.8. The summed E-state index contributed by atoms with van der Waals surface area (Å²) >= 11 is 0. The lowest BCUT2D eigenvalue weighted by Crippen LogP contribution is -2.22. The second-order valence-corrected chi connectivity index (χ2v) is 5.41. The molecule has 20 heavy (non-hydrogen) atoms. The van der Waals surface area contributed by atoms with Crippen molar-refractivity contribution in [1.29, 1.82) is 0 Å². The average Bonchev–Trinajstić information content (AvgIpc) is 3.12. The quantitative estimate of drug-likeness (QED) is 0.896. The maximum atomic E-state index is 5.71. The van der Waals surface area contributed by atoms with Crippen molar-refractivity contribution in [2.75, 3.05) is 18.5 Å². The van der Waals surface area contributed by atoms with Gasteiger partial charge in [0.2, 0.25) is 0 Å². The van der Waals surface area contributed by atoms with E-state index in [1.54, 1.807) is 0 Å². The van der Waals surface area contributed by atoms with E-state index in [2.05, 4.69) is 41.0 Å². The van der Waals surface area contributed by atoms with Crippen LogP contribution in [0.15, 0.2) is 42.5 Å². The molecular weight excluding hydrogens is 248 g/mol. The number of nitrogens with one attached hydrogen (secondary N) is 2. The molecule has 0 bridgehead atoms. The van der Waals surface area contributed by atoms with Crippen LogP contribution in [0.5, 0.6) is 5.75 Å². The lowest BCUT2D eigenvalue weighted by Gasteiger charge is -2.14. The summed E-state index contributed by atoms with van der Waals surface area (Å²) in [6.45, 7) is 2.65. The average molecular weight is 266 g/mol. The Labute approximate surface area is 119 Å². The molecule has 2 aliphatic heterocycles. The highest BCUT2D eigenvalue weighted by atomic mass is 16.5. The van der Waals surface area contributed by atoms with Gasteiger partial charge >= 0.3 is 0 Å². The van der Waals surface area contributed by atoms with E-state index in [9.17, 15) is 0 Å². The molecule has 0 spiro atoms. The van der Waals surface area contributed by atoms with Gasteiger partial charge in [0.1, 0.15) is 12.4 Å². The van der Waals surface area contributed by atoms with Crippen LogP contribution in [0, 0.1) is 0 Å². The normalized spacial score (nSPS) is 19.1. The highest BCUT2D eigenvalue weighted by molar-refractivity contribution is 5.61. The van der Waals surface area contributed by atoms with Crippen molar-refractivity contribution in [2.45, 2.75) is 19.0 Å². The van der Waals surface area contributed by atoms with Crippen LogP contribution in [0.2, 0.25) is 0 Å². The molecule has 3 heteroatoms. The zero-order valence-electron chi connectivity index (χ0n) is 11.4. The maximum Gasteiger partial charge on any atom is 0.124 e. The van der Waals surface area contributed by atoms with E-state index in [0.717, 1.165) is 31.9 Å². The molecule has 0 aliphatic carbocycles. The molecule has 102 valence electrons. The first-order valence-electron chi connectivity index (χ1n) is 7.21. The molecule has 0 radical (unpaired) electrons. The topological polar surface area (TPSA) is 33.3 Å². The monoisotopic (exact) mass is 266 g/mol. The van der Waals surface area contributed by atoms with Gasteiger partial charge in [0.25, 0.3) is 0 Å². The van der Waals surface area contributed by atoms with Gasteiger partial charge in [-0.3, -0.25) is 0 Å². The zero-order chi connectivity index (χ0) is 13.4. The molecule has 0 saturated carbocycles. The Morgan fingerprint density at radius 3 is 3.10 bits per heavy atom. The van der Waals surface area contributed by atoms with Crippen LogP contribution in [-0.2, 0) is 13.0 Å². The van der Waals surface area contributed by atoms with Crippen LogP contribution in [0.25, 0.3) is 0 Å². The summed E-state index contributed by atoms with van der Waals surface area (Å²) in [6.07, 6.45) is 1.14. The number of hydrogen-bond donors (Lipinski definition) is 2. The Morgan fingerprint density at radius 1 is 1.15 bits per heavy atom. The third kappa shape index (κ3) is 1.95. The van der Waals surface area contributed by atoms with Crippen molar-refractivity contribution in [3.8, 4) is 5.75 Å². The minimum Gasteiger partial charge on any atom is -0.491 e. The molecule has 2 heterocycles. The fraction of sp³-hybridized carbons (Fsp3) is 0.294. The van der Waals surface area contributed by atoms with E-state index in [1.807, 2.05) is 12.1 Å². The molecule has 0 aromatic heterocycles. The predicted octanol–water partition coefficient (Wildman–Crippen LogP) is 2.88. The summed E-state index contributed by atoms with van der Waals surface area (Å²) in [5.41, 5.74) is 5.39. The predicted molar refractivity (Wildman–Crippen MR) is 80.2 cm³/mol. The highest BCUT2D eigenvalue weighted by Crippen LogP contribution is 2.32. The standard InChI is InChI=1S/C17H18N2O/c1-2-7-16-14(6-1)15(11-20-16)19-10-13-5-3-4-12-8-9-18-17(12)13/h1-7,15,18-19H,8-11H2. The molecular formula is C17H18N2O. The van der Waals surface area contributed by atoms with Crippen molar-refractivity contribution in [3.63, 3.8) is 0 Å². The number of rotatable bonds is 3. The van der Waals surface area contributed by atoms with Gasteiger partial charge in [-0.2, -0.15) is 0 Å². The summed E-state index contributed by atoms with van der Waals surface area (Å²) in [6, 6.07) is 15.1. The van der Waals surface area contributed by atoms with E-state index < -0.39 is 0 Å². The second kappa shape index (κ2) is 4.84. The summed E-state index contributed by atoms with van der Waals surface area (Å²) < 4.78 is 5.71. The van der Waals surface area contributed by atoms with Crippen molar-refractivity contribution >= 4 is 5.69 Å². The van der Waals surface area contributed by atoms with Crippen LogP contribution in [0.4, 0.5) is 5.69 Å². The van der Waals surface area contributed by atoms with E-state index in [4.69, 9.17) is 4.74 Å². The van der Waals surface area contributed by atoms with E-state index in [1.165, 1.54) is 22.4 Å². The van der Waals surface area contributed by atoms with Crippen molar-refractivity contribution in [1.82, 2.24) is 5.32 Å². The first-order valence-corrected chi connectivity index (χ1v) is 7.21. The van der Waals surface area contributed by atoms with Crippen LogP contribution in [0.3, 0.4) is 0 Å². The van der Waals surface area contributed by atoms with E-state index >= 15 is 0 Å². The van der Waals surface area contributed by atoms with Crippen LogP contribution in [0.1, 0.15) is 22.7 Å². The third-order valence-electron chi connectivity index (χ3n) is 4.17. The Hall–Kier alpha value is -2.00. The Bertz CT molecular complexity index is 639. The van der Waals surface area contributed by atoms with E-state index in [-0.39, 0.29) is 0 Å². The number of fused-ring (bicyclic) bond motifs is 2. The second-order valence-electron chi connectivity index (χ2n) is 5.41. The number of benzene rings is 2. The molecule has 2 aromatic rings. The summed E-state index contributed by atoms with van der Waals surface area (Å²) in [7, 11) is 0. The van der Waals surface area contributed by atoms with Gasteiger partial charge in [-0.15, -0.1) is 0 Å². The van der Waals surface area contributed by atoms with Gasteiger partial charge in [-0.05, 0) is 23.6 Å². The number of hydrogen-bond acceptors (Lipinski definition) is 3. The van der Waals surface area contributed by atoms with Gasteiger partial charge in [0, 0.05) is 24.3 Å². The minimum absolute atomic E-state index is 0.295. The number of para-hydroxylation sites is 2. The Morgan fingerprint density at radius 2 is 2.10 bits per heavy atom. The van der Waals surface area contributed by atoms with Gasteiger partial charge in [-0.25, -0.2) is 0 Å². The summed E-state index contributed by atoms with van der Waals surface area (Å²) in [4.78, 5) is 0. The minimum atomic E-state index is 0.295. The van der Waals surface area contributed by atoms with Gasteiger partial charge in [0.05, 0.1) is 6.04 Å². The van der Waals surface area contributed by atoms with Crippen molar-refractivity contribution in [2.24, 2.45) is 0 Å². The highest BCUT2D eigenvalue weighted by Gasteiger charge is 2.23. The smallest absolute Gasteiger partial charge is 0.124 e. The Balaban J connectivity index is 1.51. The molecule has 2 N–H and O–H groups in total. The molecule has 0 fully saturated rings. The molecule has 1 atom stereocenters. The Kier molecular flexibility index (Phi) is 2.85. The summed E-state index contributed by atoms with van der Waals surface area (Å²) in [5.74, 6) is 1.02. The molecule has 4 rings (SSSR count). The molecule has 1 unspecified atom stereocenters. The number of ether oxygens (including phenoxy) is 1. The first-order chi connectivity index (χ1) is 9.92. The number of anilines is 1. The van der Waals surface area contributed by atoms with Gasteiger partial charge < -0.3 is 15.4 Å². The molecule has 2 aliphatic rings. The van der Waals surface area contributed by atoms with Crippen molar-refractivity contribution in [3.05, 3.63) is 59.2 Å². The largest absolute Gasteiger partial charge is 0.491 e. The van der Waals surface area contributed by atoms with Crippen LogP contribution < -0.4 is 15.4 Å². The fourth-order valence-electron chi connectivity index (χ4n) is 3.12.